The fraction of sp³-hybridized carbons (Fsp3) is 0.154. The lowest BCUT2D eigenvalue weighted by atomic mass is 10.1. The molecular formula is C13H12BrNO2S. The molecule has 0 aliphatic rings. The number of thiophene rings is 1. The molecule has 0 aliphatic heterocycles. The lowest BCUT2D eigenvalue weighted by Crippen LogP contribution is -2.19. The normalized spacial score (nSPS) is 12.1. The summed E-state index contributed by atoms with van der Waals surface area (Å²) in [4.78, 5) is 12.1. The molecule has 0 saturated carbocycles. The van der Waals surface area contributed by atoms with Gasteiger partial charge in [0.05, 0.1) is 3.79 Å². The van der Waals surface area contributed by atoms with Crippen LogP contribution in [0, 0.1) is 6.92 Å². The van der Waals surface area contributed by atoms with E-state index in [2.05, 4.69) is 21.2 Å². The largest absolute Gasteiger partial charge is 0.479 e. The number of carbonyl (C=O) groups is 1. The SMILES string of the molecule is Cc1ccccc1NC(C(=O)O)c1ccc(Br)s1. The van der Waals surface area contributed by atoms with E-state index in [9.17, 15) is 9.90 Å². The molecule has 2 rings (SSSR count). The summed E-state index contributed by atoms with van der Waals surface area (Å²) in [7, 11) is 0. The Hall–Kier alpha value is -1.33. The molecule has 1 heterocycles. The molecule has 0 aliphatic carbocycles. The van der Waals surface area contributed by atoms with Gasteiger partial charge in [-0.2, -0.15) is 0 Å². The fourth-order valence-electron chi connectivity index (χ4n) is 1.63. The Morgan fingerprint density at radius 2 is 2.06 bits per heavy atom. The van der Waals surface area contributed by atoms with Crippen LogP contribution in [0.3, 0.4) is 0 Å². The predicted molar refractivity (Wildman–Crippen MR) is 77.2 cm³/mol. The van der Waals surface area contributed by atoms with Crippen molar-refractivity contribution in [2.24, 2.45) is 0 Å². The van der Waals surface area contributed by atoms with Crippen molar-refractivity contribution in [3.05, 3.63) is 50.6 Å². The number of anilines is 1. The Balaban J connectivity index is 2.28. The van der Waals surface area contributed by atoms with Gasteiger partial charge in [0.15, 0.2) is 6.04 Å². The highest BCUT2D eigenvalue weighted by atomic mass is 79.9. The quantitative estimate of drug-likeness (QED) is 0.891. The summed E-state index contributed by atoms with van der Waals surface area (Å²) in [5, 5.41) is 12.4. The van der Waals surface area contributed by atoms with E-state index in [0.29, 0.717) is 0 Å². The summed E-state index contributed by atoms with van der Waals surface area (Å²) >= 11 is 4.77. The number of benzene rings is 1. The van der Waals surface area contributed by atoms with Crippen LogP contribution in [0.15, 0.2) is 40.2 Å². The highest BCUT2D eigenvalue weighted by Crippen LogP contribution is 2.30. The Kier molecular flexibility index (Phi) is 4.04. The zero-order valence-corrected chi connectivity index (χ0v) is 12.1. The van der Waals surface area contributed by atoms with Gasteiger partial charge < -0.3 is 10.4 Å². The molecule has 1 aromatic heterocycles. The Bertz CT molecular complexity index is 568. The summed E-state index contributed by atoms with van der Waals surface area (Å²) in [5.41, 5.74) is 1.87. The topological polar surface area (TPSA) is 49.3 Å². The van der Waals surface area contributed by atoms with Crippen molar-refractivity contribution in [2.75, 3.05) is 5.32 Å². The maximum Gasteiger partial charge on any atom is 0.331 e. The number of hydrogen-bond donors (Lipinski definition) is 2. The molecule has 5 heteroatoms. The molecule has 2 aromatic rings. The number of carboxylic acids is 1. The molecule has 1 atom stereocenters. The molecule has 1 unspecified atom stereocenters. The summed E-state index contributed by atoms with van der Waals surface area (Å²) in [6, 6.07) is 10.6. The Labute approximate surface area is 118 Å². The first-order chi connectivity index (χ1) is 8.58. The maximum atomic E-state index is 11.4. The van der Waals surface area contributed by atoms with Gasteiger partial charge in [-0.15, -0.1) is 11.3 Å². The highest BCUT2D eigenvalue weighted by Gasteiger charge is 2.21. The minimum absolute atomic E-state index is 0.720. The van der Waals surface area contributed by atoms with E-state index in [4.69, 9.17) is 0 Å². The number of aryl methyl sites for hydroxylation is 1. The lowest BCUT2D eigenvalue weighted by molar-refractivity contribution is -0.138. The van der Waals surface area contributed by atoms with Crippen molar-refractivity contribution in [1.29, 1.82) is 0 Å². The predicted octanol–water partition coefficient (Wildman–Crippen LogP) is 4.06. The van der Waals surface area contributed by atoms with E-state index in [1.165, 1.54) is 11.3 Å². The third-order valence-electron chi connectivity index (χ3n) is 2.57. The van der Waals surface area contributed by atoms with E-state index in [1.807, 2.05) is 43.3 Å². The molecule has 0 amide bonds. The van der Waals surface area contributed by atoms with E-state index in [1.54, 1.807) is 0 Å². The van der Waals surface area contributed by atoms with Crippen LogP contribution in [0.2, 0.25) is 0 Å². The average Bonchev–Trinajstić information content (AvgIpc) is 2.74. The summed E-state index contributed by atoms with van der Waals surface area (Å²) in [5.74, 6) is -0.882. The van der Waals surface area contributed by atoms with Crippen molar-refractivity contribution in [3.63, 3.8) is 0 Å². The van der Waals surface area contributed by atoms with Gasteiger partial charge in [0.1, 0.15) is 0 Å². The van der Waals surface area contributed by atoms with Crippen LogP contribution in [0.5, 0.6) is 0 Å². The van der Waals surface area contributed by atoms with Crippen LogP contribution in [0.25, 0.3) is 0 Å². The van der Waals surface area contributed by atoms with Crippen LogP contribution < -0.4 is 5.32 Å². The molecule has 1 aromatic carbocycles. The Morgan fingerprint density at radius 1 is 1.33 bits per heavy atom. The maximum absolute atomic E-state index is 11.4. The number of aliphatic carboxylic acids is 1. The van der Waals surface area contributed by atoms with Crippen LogP contribution in [0.1, 0.15) is 16.5 Å². The molecule has 3 nitrogen and oxygen atoms in total. The van der Waals surface area contributed by atoms with E-state index >= 15 is 0 Å². The first-order valence-electron chi connectivity index (χ1n) is 5.38. The van der Waals surface area contributed by atoms with Crippen molar-refractivity contribution in [1.82, 2.24) is 0 Å². The number of nitrogens with one attached hydrogen (secondary N) is 1. The van der Waals surface area contributed by atoms with Crippen LogP contribution in [-0.2, 0) is 4.79 Å². The zero-order chi connectivity index (χ0) is 13.1. The molecule has 0 fully saturated rings. The second-order valence-corrected chi connectivity index (χ2v) is 6.37. The first kappa shape index (κ1) is 13.1. The van der Waals surface area contributed by atoms with Crippen molar-refractivity contribution in [3.8, 4) is 0 Å². The van der Waals surface area contributed by atoms with Gasteiger partial charge in [-0.3, -0.25) is 0 Å². The van der Waals surface area contributed by atoms with Gasteiger partial charge in [0, 0.05) is 10.6 Å². The van der Waals surface area contributed by atoms with Gasteiger partial charge in [0.25, 0.3) is 0 Å². The van der Waals surface area contributed by atoms with Gasteiger partial charge >= 0.3 is 5.97 Å². The van der Waals surface area contributed by atoms with Crippen molar-refractivity contribution < 1.29 is 9.90 Å². The van der Waals surface area contributed by atoms with E-state index in [0.717, 1.165) is 19.9 Å². The van der Waals surface area contributed by atoms with Crippen LogP contribution in [-0.4, -0.2) is 11.1 Å². The number of rotatable bonds is 4. The van der Waals surface area contributed by atoms with Crippen molar-refractivity contribution >= 4 is 38.9 Å². The second kappa shape index (κ2) is 5.54. The number of halogens is 1. The minimum atomic E-state index is -0.882. The van der Waals surface area contributed by atoms with Gasteiger partial charge in [0.2, 0.25) is 0 Å². The molecule has 18 heavy (non-hydrogen) atoms. The smallest absolute Gasteiger partial charge is 0.331 e. The van der Waals surface area contributed by atoms with Crippen molar-refractivity contribution in [2.45, 2.75) is 13.0 Å². The van der Waals surface area contributed by atoms with Gasteiger partial charge in [-0.1, -0.05) is 18.2 Å². The minimum Gasteiger partial charge on any atom is -0.479 e. The Morgan fingerprint density at radius 3 is 2.61 bits per heavy atom. The molecule has 94 valence electrons. The first-order valence-corrected chi connectivity index (χ1v) is 6.99. The van der Waals surface area contributed by atoms with Gasteiger partial charge in [-0.05, 0) is 46.6 Å². The zero-order valence-electron chi connectivity index (χ0n) is 9.68. The molecule has 0 bridgehead atoms. The standard InChI is InChI=1S/C13H12BrNO2S/c1-8-4-2-3-5-9(8)15-12(13(16)17)10-6-7-11(14)18-10/h2-7,12,15H,1H3,(H,16,17). The van der Waals surface area contributed by atoms with Crippen LogP contribution >= 0.6 is 27.3 Å². The lowest BCUT2D eigenvalue weighted by Gasteiger charge is -2.16. The monoisotopic (exact) mass is 325 g/mol. The fourth-order valence-corrected chi connectivity index (χ4v) is 3.10. The third kappa shape index (κ3) is 2.91. The second-order valence-electron chi connectivity index (χ2n) is 3.87. The van der Waals surface area contributed by atoms with E-state index < -0.39 is 12.0 Å². The average molecular weight is 326 g/mol. The molecule has 2 N–H and O–H groups in total. The third-order valence-corrected chi connectivity index (χ3v) is 4.26. The number of hydrogen-bond acceptors (Lipinski definition) is 3. The summed E-state index contributed by atoms with van der Waals surface area (Å²) in [6.07, 6.45) is 0. The van der Waals surface area contributed by atoms with Gasteiger partial charge in [-0.25, -0.2) is 4.79 Å². The highest BCUT2D eigenvalue weighted by molar-refractivity contribution is 9.11. The summed E-state index contributed by atoms with van der Waals surface area (Å²) in [6.45, 7) is 1.95. The number of para-hydroxylation sites is 1. The number of carboxylic acid groups (broad SMARTS) is 1. The molecule has 0 spiro atoms. The van der Waals surface area contributed by atoms with Crippen LogP contribution in [0.4, 0.5) is 5.69 Å². The molecule has 0 saturated heterocycles. The van der Waals surface area contributed by atoms with E-state index in [-0.39, 0.29) is 0 Å². The molecule has 0 radical (unpaired) electrons. The molecular weight excluding hydrogens is 314 g/mol. The summed E-state index contributed by atoms with van der Waals surface area (Å²) < 4.78 is 0.926.